The highest BCUT2D eigenvalue weighted by molar-refractivity contribution is 5.95. The third-order valence-corrected chi connectivity index (χ3v) is 4.41. The number of hydrogen-bond donors (Lipinski definition) is 1. The van der Waals surface area contributed by atoms with Gasteiger partial charge in [-0.05, 0) is 36.6 Å². The molecule has 0 bridgehead atoms. The highest BCUT2D eigenvalue weighted by atomic mass is 16.5. The van der Waals surface area contributed by atoms with Crippen molar-refractivity contribution < 1.29 is 18.7 Å². The topological polar surface area (TPSA) is 71.8 Å². The molecule has 1 aromatic carbocycles. The Hall–Kier alpha value is -2.60. The van der Waals surface area contributed by atoms with Crippen LogP contribution in [0.3, 0.4) is 0 Å². The van der Waals surface area contributed by atoms with Crippen LogP contribution in [-0.4, -0.2) is 43.0 Å². The van der Waals surface area contributed by atoms with Crippen LogP contribution < -0.4 is 5.32 Å². The fraction of sp³-hybridized carbons (Fsp3) is 0.368. The number of piperidine rings is 1. The molecule has 0 atom stereocenters. The lowest BCUT2D eigenvalue weighted by Gasteiger charge is -2.32. The monoisotopic (exact) mass is 342 g/mol. The number of amides is 2. The molecule has 0 unspecified atom stereocenters. The van der Waals surface area contributed by atoms with Crippen molar-refractivity contribution in [2.24, 2.45) is 0 Å². The third kappa shape index (κ3) is 4.28. The smallest absolute Gasteiger partial charge is 0.257 e. The van der Waals surface area contributed by atoms with Gasteiger partial charge in [-0.3, -0.25) is 9.59 Å². The number of hydrogen-bond acceptors (Lipinski definition) is 4. The number of rotatable bonds is 5. The predicted octanol–water partition coefficient (Wildman–Crippen LogP) is 2.46. The van der Waals surface area contributed by atoms with Crippen molar-refractivity contribution in [3.63, 3.8) is 0 Å². The van der Waals surface area contributed by atoms with Crippen molar-refractivity contribution >= 4 is 11.8 Å². The molecule has 2 aromatic rings. The van der Waals surface area contributed by atoms with E-state index in [2.05, 4.69) is 5.32 Å². The Balaban J connectivity index is 1.50. The summed E-state index contributed by atoms with van der Waals surface area (Å²) in [6, 6.07) is 9.15. The molecule has 1 aliphatic heterocycles. The standard InChI is InChI=1S/C19H22N2O4/c1-24-12-14-2-4-15(5-3-14)18(22)20-17-6-9-21(10-7-17)19(23)16-8-11-25-13-16/h2-5,8,11,13,17H,6-7,9-10,12H2,1H3,(H,20,22). The van der Waals surface area contributed by atoms with Crippen LogP contribution in [0.15, 0.2) is 47.3 Å². The minimum atomic E-state index is -0.0800. The highest BCUT2D eigenvalue weighted by Crippen LogP contribution is 2.15. The van der Waals surface area contributed by atoms with Crippen LogP contribution in [-0.2, 0) is 11.3 Å². The number of methoxy groups -OCH3 is 1. The summed E-state index contributed by atoms with van der Waals surface area (Å²) in [6.45, 7) is 1.79. The molecule has 0 aliphatic carbocycles. The first-order chi connectivity index (χ1) is 12.2. The van der Waals surface area contributed by atoms with Gasteiger partial charge in [0.1, 0.15) is 6.26 Å². The molecule has 3 rings (SSSR count). The van der Waals surface area contributed by atoms with E-state index in [1.807, 2.05) is 12.1 Å². The number of likely N-dealkylation sites (tertiary alicyclic amines) is 1. The molecule has 1 aromatic heterocycles. The van der Waals surface area contributed by atoms with Crippen molar-refractivity contribution in [3.8, 4) is 0 Å². The molecule has 1 N–H and O–H groups in total. The van der Waals surface area contributed by atoms with Crippen molar-refractivity contribution in [2.45, 2.75) is 25.5 Å². The van der Waals surface area contributed by atoms with E-state index < -0.39 is 0 Å². The Morgan fingerprint density at radius 2 is 1.88 bits per heavy atom. The first-order valence-corrected chi connectivity index (χ1v) is 8.37. The molecule has 25 heavy (non-hydrogen) atoms. The van der Waals surface area contributed by atoms with Crippen LogP contribution in [0.4, 0.5) is 0 Å². The maximum absolute atomic E-state index is 12.3. The Morgan fingerprint density at radius 1 is 1.16 bits per heavy atom. The first-order valence-electron chi connectivity index (χ1n) is 8.37. The minimum absolute atomic E-state index is 0.0211. The van der Waals surface area contributed by atoms with Crippen LogP contribution in [0.25, 0.3) is 0 Å². The zero-order valence-corrected chi connectivity index (χ0v) is 14.2. The van der Waals surface area contributed by atoms with Gasteiger partial charge in [-0.2, -0.15) is 0 Å². The highest BCUT2D eigenvalue weighted by Gasteiger charge is 2.25. The maximum Gasteiger partial charge on any atom is 0.257 e. The van der Waals surface area contributed by atoms with Crippen LogP contribution >= 0.6 is 0 Å². The minimum Gasteiger partial charge on any atom is -0.472 e. The molecule has 1 aliphatic rings. The van der Waals surface area contributed by atoms with Crippen molar-refractivity contribution in [1.29, 1.82) is 0 Å². The summed E-state index contributed by atoms with van der Waals surface area (Å²) in [5.74, 6) is -0.101. The largest absolute Gasteiger partial charge is 0.472 e. The summed E-state index contributed by atoms with van der Waals surface area (Å²) < 4.78 is 10.0. The Labute approximate surface area is 146 Å². The fourth-order valence-corrected chi connectivity index (χ4v) is 2.98. The maximum atomic E-state index is 12.3. The number of furan rings is 1. The summed E-state index contributed by atoms with van der Waals surface area (Å²) in [6.07, 6.45) is 4.45. The van der Waals surface area contributed by atoms with Gasteiger partial charge in [0, 0.05) is 31.8 Å². The van der Waals surface area contributed by atoms with Crippen molar-refractivity contribution in [2.75, 3.05) is 20.2 Å². The second kappa shape index (κ2) is 7.98. The molecule has 6 nitrogen and oxygen atoms in total. The van der Waals surface area contributed by atoms with E-state index in [0.29, 0.717) is 30.8 Å². The average Bonchev–Trinajstić information content (AvgIpc) is 3.17. The molecule has 0 saturated carbocycles. The molecule has 0 radical (unpaired) electrons. The number of carbonyl (C=O) groups is 2. The van der Waals surface area contributed by atoms with E-state index in [4.69, 9.17) is 9.15 Å². The van der Waals surface area contributed by atoms with Gasteiger partial charge in [-0.15, -0.1) is 0 Å². The lowest BCUT2D eigenvalue weighted by atomic mass is 10.0. The molecule has 6 heteroatoms. The van der Waals surface area contributed by atoms with Crippen LogP contribution in [0, 0.1) is 0 Å². The Bertz CT molecular complexity index is 702. The number of nitrogens with zero attached hydrogens (tertiary/aromatic N) is 1. The van der Waals surface area contributed by atoms with Gasteiger partial charge in [-0.1, -0.05) is 12.1 Å². The van der Waals surface area contributed by atoms with Gasteiger partial charge in [0.2, 0.25) is 0 Å². The van der Waals surface area contributed by atoms with Crippen molar-refractivity contribution in [1.82, 2.24) is 10.2 Å². The molecule has 1 saturated heterocycles. The Kier molecular flexibility index (Phi) is 5.50. The third-order valence-electron chi connectivity index (χ3n) is 4.41. The molecule has 2 heterocycles. The zero-order valence-electron chi connectivity index (χ0n) is 14.2. The summed E-state index contributed by atoms with van der Waals surface area (Å²) in [5.41, 5.74) is 2.24. The second-order valence-electron chi connectivity index (χ2n) is 6.18. The SMILES string of the molecule is COCc1ccc(C(=O)NC2CCN(C(=O)c3ccoc3)CC2)cc1. The number of carbonyl (C=O) groups excluding carboxylic acids is 2. The van der Waals surface area contributed by atoms with E-state index in [9.17, 15) is 9.59 Å². The van der Waals surface area contributed by atoms with Gasteiger partial charge in [-0.25, -0.2) is 0 Å². The van der Waals surface area contributed by atoms with Crippen molar-refractivity contribution in [3.05, 3.63) is 59.5 Å². The summed E-state index contributed by atoms with van der Waals surface area (Å²) in [5, 5.41) is 3.05. The van der Waals surface area contributed by atoms with Gasteiger partial charge in [0.05, 0.1) is 18.4 Å². The van der Waals surface area contributed by atoms with Crippen LogP contribution in [0.1, 0.15) is 39.1 Å². The van der Waals surface area contributed by atoms with E-state index in [-0.39, 0.29) is 17.9 Å². The molecular weight excluding hydrogens is 320 g/mol. The van der Waals surface area contributed by atoms with Gasteiger partial charge < -0.3 is 19.4 Å². The summed E-state index contributed by atoms with van der Waals surface area (Å²) in [4.78, 5) is 26.4. The summed E-state index contributed by atoms with van der Waals surface area (Å²) >= 11 is 0. The molecule has 0 spiro atoms. The van der Waals surface area contributed by atoms with Crippen LogP contribution in [0.2, 0.25) is 0 Å². The fourth-order valence-electron chi connectivity index (χ4n) is 2.98. The van der Waals surface area contributed by atoms with E-state index in [0.717, 1.165) is 18.4 Å². The summed E-state index contributed by atoms with van der Waals surface area (Å²) in [7, 11) is 1.64. The van der Waals surface area contributed by atoms with Gasteiger partial charge >= 0.3 is 0 Å². The predicted molar refractivity (Wildman–Crippen MR) is 92.3 cm³/mol. The number of ether oxygens (including phenoxy) is 1. The Morgan fingerprint density at radius 3 is 2.48 bits per heavy atom. The molecule has 1 fully saturated rings. The normalized spacial score (nSPS) is 15.2. The molecule has 2 amide bonds. The number of nitrogens with one attached hydrogen (secondary N) is 1. The average molecular weight is 342 g/mol. The lowest BCUT2D eigenvalue weighted by Crippen LogP contribution is -2.46. The van der Waals surface area contributed by atoms with Crippen LogP contribution in [0.5, 0.6) is 0 Å². The zero-order chi connectivity index (χ0) is 17.6. The van der Waals surface area contributed by atoms with Gasteiger partial charge in [0.15, 0.2) is 0 Å². The molecular formula is C19H22N2O4. The quantitative estimate of drug-likeness (QED) is 0.906. The lowest BCUT2D eigenvalue weighted by molar-refractivity contribution is 0.0697. The number of benzene rings is 1. The van der Waals surface area contributed by atoms with E-state index in [1.54, 1.807) is 30.2 Å². The van der Waals surface area contributed by atoms with E-state index in [1.165, 1.54) is 12.5 Å². The second-order valence-corrected chi connectivity index (χ2v) is 6.18. The molecule has 132 valence electrons. The van der Waals surface area contributed by atoms with Gasteiger partial charge in [0.25, 0.3) is 11.8 Å². The first kappa shape index (κ1) is 17.2. The van der Waals surface area contributed by atoms with E-state index >= 15 is 0 Å².